The molecule has 5 heterocycles. The van der Waals surface area contributed by atoms with Crippen molar-refractivity contribution in [3.8, 4) is 44.9 Å². The van der Waals surface area contributed by atoms with Crippen LogP contribution in [-0.4, -0.2) is 6.85 Å². The average Bonchev–Trinajstić information content (AvgIpc) is 1.67. The maximum Gasteiger partial charge on any atom is 0.333 e. The summed E-state index contributed by atoms with van der Waals surface area (Å²) >= 11 is 0. The Morgan fingerprint density at radius 1 is 0.320 bits per heavy atom. The predicted molar refractivity (Wildman–Crippen MR) is 410 cm³/mol. The zero-order valence-corrected chi connectivity index (χ0v) is 57.4. The Bertz CT molecular complexity index is 5540. The molecular weight excluding hydrogens is 1180 g/mol. The Hall–Kier alpha value is -10.8. The van der Waals surface area contributed by atoms with E-state index in [0.717, 1.165) is 156 Å². The summed E-state index contributed by atoms with van der Waals surface area (Å²) in [5, 5.41) is 6.25. The van der Waals surface area contributed by atoms with Gasteiger partial charge in [-0.1, -0.05) is 241 Å². The van der Waals surface area contributed by atoms with Crippen molar-refractivity contribution in [2.75, 3.05) is 14.6 Å². The number of anilines is 8. The molecule has 474 valence electrons. The smallest absolute Gasteiger partial charge is 0.333 e. The van der Waals surface area contributed by atoms with Crippen molar-refractivity contribution >= 4 is 118 Å². The summed E-state index contributed by atoms with van der Waals surface area (Å²) < 4.78 is 22.2. The van der Waals surface area contributed by atoms with E-state index in [1.54, 1.807) is 0 Å². The zero-order valence-electron chi connectivity index (χ0n) is 57.4. The number of para-hydroxylation sites is 1. The molecule has 0 N–H and O–H groups in total. The van der Waals surface area contributed by atoms with Crippen LogP contribution in [0.2, 0.25) is 0 Å². The highest BCUT2D eigenvalue weighted by atomic mass is 16.3. The predicted octanol–water partition coefficient (Wildman–Crippen LogP) is 24.6. The number of hydrogen-bond acceptors (Lipinski definition) is 6. The summed E-state index contributed by atoms with van der Waals surface area (Å²) in [5.74, 6) is 1.64. The molecule has 0 aliphatic carbocycles. The lowest BCUT2D eigenvalue weighted by atomic mass is 9.43. The van der Waals surface area contributed by atoms with Crippen LogP contribution >= 0.6 is 0 Å². The molecule has 6 nitrogen and oxygen atoms in total. The van der Waals surface area contributed by atoms with Gasteiger partial charge >= 0.3 is 6.85 Å². The molecule has 2 aliphatic rings. The van der Waals surface area contributed by atoms with Crippen molar-refractivity contribution in [1.29, 1.82) is 0 Å². The van der Waals surface area contributed by atoms with Crippen LogP contribution in [-0.2, 0) is 21.7 Å². The topological polar surface area (TPSA) is 49.1 Å². The maximum absolute atomic E-state index is 7.49. The molecule has 0 unspecified atom stereocenters. The molecule has 0 spiro atoms. The lowest BCUT2D eigenvalue weighted by molar-refractivity contribution is 0.590. The van der Waals surface area contributed by atoms with Crippen LogP contribution < -0.4 is 25.5 Å². The lowest BCUT2D eigenvalue weighted by Crippen LogP contribution is -2.61. The van der Waals surface area contributed by atoms with E-state index in [4.69, 9.17) is 13.3 Å². The van der Waals surface area contributed by atoms with E-state index in [2.05, 4.69) is 352 Å². The number of hydrogen-bond donors (Lipinski definition) is 0. The van der Waals surface area contributed by atoms with E-state index in [1.807, 2.05) is 0 Å². The highest BCUT2D eigenvalue weighted by Gasteiger charge is 2.48. The molecule has 12 aromatic carbocycles. The first kappa shape index (κ1) is 59.9. The first-order chi connectivity index (χ1) is 46.6. The van der Waals surface area contributed by atoms with Crippen LogP contribution in [0, 0.1) is 0 Å². The van der Waals surface area contributed by atoms with Crippen LogP contribution in [0.5, 0.6) is 0 Å². The van der Waals surface area contributed by atoms with Gasteiger partial charge in [0.2, 0.25) is 0 Å². The van der Waals surface area contributed by atoms with Crippen LogP contribution in [0.15, 0.2) is 268 Å². The Morgan fingerprint density at radius 2 is 0.814 bits per heavy atom. The van der Waals surface area contributed by atoms with E-state index in [9.17, 15) is 0 Å². The lowest BCUT2D eigenvalue weighted by Gasteiger charge is -2.46. The van der Waals surface area contributed by atoms with Crippen LogP contribution in [0.1, 0.15) is 105 Å². The van der Waals surface area contributed by atoms with Gasteiger partial charge in [-0.25, -0.2) is 0 Å². The third-order valence-electron chi connectivity index (χ3n) is 20.5. The third-order valence-corrected chi connectivity index (χ3v) is 20.5. The van der Waals surface area contributed by atoms with E-state index in [0.29, 0.717) is 0 Å². The monoisotopic (exact) mass is 1260 g/mol. The van der Waals surface area contributed by atoms with Gasteiger partial charge in [-0.3, -0.25) is 0 Å². The number of benzene rings is 12. The van der Waals surface area contributed by atoms with E-state index >= 15 is 0 Å². The Morgan fingerprint density at radius 3 is 1.40 bits per heavy atom. The molecule has 3 aromatic heterocycles. The summed E-state index contributed by atoms with van der Waals surface area (Å²) in [6, 6.07) is 94.2. The molecule has 0 radical (unpaired) electrons. The standard InChI is InChI=1S/C90H78BN3O3/c1-87(2,3)58-32-39-62(40-33-58)92(63-41-34-59(35-42-63)88(4,5)6)65-45-46-67-70-50-69-71-51-72-66-30-22-23-31-79(66)96-86(72)83-82(71)91(94(77(69)54-81(70)95-80(67)49-65)64-43-36-60(37-44-64)89(7,8)9)75-52-73-74(85(57-28-20-15-21-29-57)97-84(73)56-26-18-14-19-27-56)53-78(75)93(83)76-47-38-61(90(10,11)12)48-68(76)55-24-16-13-17-25-55/h13-54H,1-12H3. The highest BCUT2D eigenvalue weighted by Crippen LogP contribution is 2.55. The van der Waals surface area contributed by atoms with Gasteiger partial charge in [0.05, 0.1) is 11.4 Å². The average molecular weight is 1260 g/mol. The molecule has 0 bridgehead atoms. The van der Waals surface area contributed by atoms with E-state index < -0.39 is 6.85 Å². The Balaban J connectivity index is 0.987. The maximum atomic E-state index is 7.49. The molecule has 15 aromatic rings. The fourth-order valence-electron chi connectivity index (χ4n) is 15.2. The first-order valence-corrected chi connectivity index (χ1v) is 34.2. The highest BCUT2D eigenvalue weighted by molar-refractivity contribution is 6.94. The van der Waals surface area contributed by atoms with Gasteiger partial charge in [0, 0.05) is 101 Å². The van der Waals surface area contributed by atoms with Gasteiger partial charge in [0.25, 0.3) is 0 Å². The molecule has 2 aliphatic heterocycles. The van der Waals surface area contributed by atoms with Gasteiger partial charge in [-0.05, 0) is 151 Å². The first-order valence-electron chi connectivity index (χ1n) is 34.2. The second-order valence-electron chi connectivity index (χ2n) is 30.9. The molecule has 0 amide bonds. The normalized spacial score (nSPS) is 13.3. The van der Waals surface area contributed by atoms with Crippen molar-refractivity contribution < 1.29 is 13.3 Å². The summed E-state index contributed by atoms with van der Waals surface area (Å²) in [5.41, 5.74) is 25.3. The fraction of sp³-hybridized carbons (Fsp3) is 0.178. The van der Waals surface area contributed by atoms with Crippen molar-refractivity contribution in [3.05, 3.63) is 277 Å². The SMILES string of the molecule is CC(C)(C)c1ccc(N2B3c4cc5c(-c6ccccc6)oc(-c6ccccc6)c5cc4N(c4ccc(C(C)(C)C)cc4-c4ccccc4)c4c3c(cc3c4oc4ccccc43)-c3cc4c(cc32)oc2cc(N(c3ccc(C(C)(C)C)cc3)c3ccc(C(C)(C)C)cc3)ccc24)cc1. The minimum atomic E-state index is -0.407. The quantitative estimate of drug-likeness (QED) is 0.141. The summed E-state index contributed by atoms with van der Waals surface area (Å²) in [4.78, 5) is 7.53. The molecule has 17 rings (SSSR count). The van der Waals surface area contributed by atoms with Crippen molar-refractivity contribution in [2.24, 2.45) is 0 Å². The minimum Gasteiger partial charge on any atom is -0.456 e. The van der Waals surface area contributed by atoms with Crippen molar-refractivity contribution in [1.82, 2.24) is 0 Å². The van der Waals surface area contributed by atoms with Gasteiger partial charge < -0.3 is 27.9 Å². The summed E-state index contributed by atoms with van der Waals surface area (Å²) in [6.07, 6.45) is 0. The third kappa shape index (κ3) is 9.90. The summed E-state index contributed by atoms with van der Waals surface area (Å²) in [7, 11) is 0. The number of furan rings is 3. The van der Waals surface area contributed by atoms with E-state index in [-0.39, 0.29) is 21.7 Å². The van der Waals surface area contributed by atoms with Crippen molar-refractivity contribution in [2.45, 2.75) is 105 Å². The fourth-order valence-corrected chi connectivity index (χ4v) is 15.2. The van der Waals surface area contributed by atoms with E-state index in [1.165, 1.54) is 22.3 Å². The van der Waals surface area contributed by atoms with Crippen molar-refractivity contribution in [3.63, 3.8) is 0 Å². The summed E-state index contributed by atoms with van der Waals surface area (Å²) in [6.45, 7) is 27.0. The zero-order chi connectivity index (χ0) is 66.6. The largest absolute Gasteiger partial charge is 0.456 e. The molecule has 7 heteroatoms. The molecule has 0 fully saturated rings. The molecule has 0 saturated carbocycles. The number of rotatable bonds is 8. The second kappa shape index (κ2) is 21.9. The Kier molecular flexibility index (Phi) is 13.5. The van der Waals surface area contributed by atoms with Gasteiger partial charge in [0.15, 0.2) is 5.58 Å². The number of nitrogens with zero attached hydrogens (tertiary/aromatic N) is 3. The molecule has 0 atom stereocenters. The number of fused-ring (bicyclic) bond motifs is 12. The van der Waals surface area contributed by atoms with Gasteiger partial charge in [-0.15, -0.1) is 0 Å². The van der Waals surface area contributed by atoms with Crippen LogP contribution in [0.25, 0.3) is 99.6 Å². The van der Waals surface area contributed by atoms with Crippen LogP contribution in [0.3, 0.4) is 0 Å². The molecule has 97 heavy (non-hydrogen) atoms. The Labute approximate surface area is 569 Å². The van der Waals surface area contributed by atoms with Gasteiger partial charge in [0.1, 0.15) is 28.3 Å². The second-order valence-corrected chi connectivity index (χ2v) is 30.9. The molecular formula is C90H78BN3O3. The molecule has 0 saturated heterocycles. The van der Waals surface area contributed by atoms with Crippen LogP contribution in [0.4, 0.5) is 45.5 Å². The minimum absolute atomic E-state index is 0.00548. The van der Waals surface area contributed by atoms with Gasteiger partial charge in [-0.2, -0.15) is 0 Å².